The van der Waals surface area contributed by atoms with Crippen molar-refractivity contribution in [1.29, 1.82) is 0 Å². The highest BCUT2D eigenvalue weighted by Gasteiger charge is 2.19. The van der Waals surface area contributed by atoms with Gasteiger partial charge < -0.3 is 23.0 Å². The molecule has 8 heteroatoms. The number of para-hydroxylation sites is 2. The summed E-state index contributed by atoms with van der Waals surface area (Å²) in [6, 6.07) is 18.0. The van der Waals surface area contributed by atoms with Gasteiger partial charge in [0.15, 0.2) is 11.5 Å². The van der Waals surface area contributed by atoms with E-state index in [1.165, 1.54) is 25.3 Å². The first-order valence-electron chi connectivity index (χ1n) is 10.2. The predicted octanol–water partition coefficient (Wildman–Crippen LogP) is 6.52. The number of ether oxygens (including phenoxy) is 3. The summed E-state index contributed by atoms with van der Waals surface area (Å²) >= 11 is 5.98. The monoisotopic (exact) mass is 476 g/mol. The number of esters is 1. The van der Waals surface area contributed by atoms with Gasteiger partial charge in [-0.25, -0.2) is 4.79 Å². The standard InChI is InChI=1S/C26H17ClO7/c1-14-25(34-21-6-4-3-5-20(21)30-2)24(28)18-9-8-17(13-22(18)31-14)32-26(29)23-12-15-11-16(27)7-10-19(15)33-23/h3-13H,1-2H3. The molecule has 0 bridgehead atoms. The lowest BCUT2D eigenvalue weighted by atomic mass is 10.2. The lowest BCUT2D eigenvalue weighted by Crippen LogP contribution is -2.09. The maximum Gasteiger partial charge on any atom is 0.379 e. The summed E-state index contributed by atoms with van der Waals surface area (Å²) in [5.41, 5.74) is 0.396. The lowest BCUT2D eigenvalue weighted by molar-refractivity contribution is 0.0704. The van der Waals surface area contributed by atoms with Crippen molar-refractivity contribution in [2.75, 3.05) is 7.11 Å². The minimum Gasteiger partial charge on any atom is -0.493 e. The molecule has 0 N–H and O–H groups in total. The number of methoxy groups -OCH3 is 1. The Hall–Kier alpha value is -4.23. The van der Waals surface area contributed by atoms with Crippen molar-refractivity contribution in [2.24, 2.45) is 0 Å². The number of hydrogen-bond donors (Lipinski definition) is 0. The molecule has 5 rings (SSSR count). The van der Waals surface area contributed by atoms with Crippen LogP contribution in [-0.2, 0) is 0 Å². The number of halogens is 1. The summed E-state index contributed by atoms with van der Waals surface area (Å²) < 4.78 is 27.9. The highest BCUT2D eigenvalue weighted by molar-refractivity contribution is 6.31. The Bertz CT molecular complexity index is 1610. The highest BCUT2D eigenvalue weighted by Crippen LogP contribution is 2.33. The predicted molar refractivity (Wildman–Crippen MR) is 126 cm³/mol. The van der Waals surface area contributed by atoms with Crippen molar-refractivity contribution < 1.29 is 27.8 Å². The minimum atomic E-state index is -0.693. The van der Waals surface area contributed by atoms with Crippen LogP contribution in [0, 0.1) is 6.92 Å². The van der Waals surface area contributed by atoms with Gasteiger partial charge in [0.25, 0.3) is 0 Å². The molecule has 0 radical (unpaired) electrons. The van der Waals surface area contributed by atoms with Crippen molar-refractivity contribution in [1.82, 2.24) is 0 Å². The zero-order chi connectivity index (χ0) is 23.8. The first kappa shape index (κ1) is 21.6. The fourth-order valence-corrected chi connectivity index (χ4v) is 3.72. The minimum absolute atomic E-state index is 0.0237. The van der Waals surface area contributed by atoms with Gasteiger partial charge in [0, 0.05) is 16.5 Å². The van der Waals surface area contributed by atoms with Crippen LogP contribution in [0.5, 0.6) is 23.0 Å². The Morgan fingerprint density at radius 1 is 0.912 bits per heavy atom. The maximum absolute atomic E-state index is 13.1. The molecule has 0 aliphatic heterocycles. The van der Waals surface area contributed by atoms with Crippen LogP contribution in [0.2, 0.25) is 5.02 Å². The molecule has 0 aliphatic carbocycles. The summed E-state index contributed by atoms with van der Waals surface area (Å²) in [6.07, 6.45) is 0. The van der Waals surface area contributed by atoms with Gasteiger partial charge in [-0.15, -0.1) is 0 Å². The smallest absolute Gasteiger partial charge is 0.379 e. The molecular weight excluding hydrogens is 460 g/mol. The van der Waals surface area contributed by atoms with Crippen LogP contribution in [0.1, 0.15) is 16.3 Å². The van der Waals surface area contributed by atoms with Crippen molar-refractivity contribution in [3.05, 3.63) is 93.5 Å². The summed E-state index contributed by atoms with van der Waals surface area (Å²) in [5.74, 6) is 0.701. The second-order valence-corrected chi connectivity index (χ2v) is 7.85. The number of fused-ring (bicyclic) bond motifs is 2. The molecule has 7 nitrogen and oxygen atoms in total. The van der Waals surface area contributed by atoms with Gasteiger partial charge in [0.2, 0.25) is 16.9 Å². The quantitative estimate of drug-likeness (QED) is 0.211. The highest BCUT2D eigenvalue weighted by atomic mass is 35.5. The topological polar surface area (TPSA) is 88.1 Å². The van der Waals surface area contributed by atoms with E-state index in [4.69, 9.17) is 34.6 Å². The third kappa shape index (κ3) is 3.97. The number of carbonyl (C=O) groups is 1. The van der Waals surface area contributed by atoms with Gasteiger partial charge in [-0.3, -0.25) is 4.79 Å². The summed E-state index contributed by atoms with van der Waals surface area (Å²) in [5, 5.41) is 1.48. The summed E-state index contributed by atoms with van der Waals surface area (Å²) in [4.78, 5) is 25.7. The van der Waals surface area contributed by atoms with Crippen LogP contribution in [-0.4, -0.2) is 13.1 Å². The van der Waals surface area contributed by atoms with E-state index in [1.54, 1.807) is 55.5 Å². The lowest BCUT2D eigenvalue weighted by Gasteiger charge is -2.12. The number of rotatable bonds is 5. The summed E-state index contributed by atoms with van der Waals surface area (Å²) in [6.45, 7) is 1.61. The molecule has 0 saturated carbocycles. The van der Waals surface area contributed by atoms with Crippen molar-refractivity contribution in [3.8, 4) is 23.0 Å². The number of aryl methyl sites for hydroxylation is 1. The largest absolute Gasteiger partial charge is 0.493 e. The Morgan fingerprint density at radius 3 is 2.50 bits per heavy atom. The Kier molecular flexibility index (Phi) is 5.47. The second-order valence-electron chi connectivity index (χ2n) is 7.41. The van der Waals surface area contributed by atoms with Crippen LogP contribution < -0.4 is 19.6 Å². The molecule has 2 heterocycles. The molecule has 170 valence electrons. The van der Waals surface area contributed by atoms with E-state index in [-0.39, 0.29) is 39.4 Å². The van der Waals surface area contributed by atoms with E-state index in [9.17, 15) is 9.59 Å². The number of hydrogen-bond acceptors (Lipinski definition) is 7. The SMILES string of the molecule is COc1ccccc1Oc1c(C)oc2cc(OC(=O)c3cc4cc(Cl)ccc4o3)ccc2c1=O. The number of furan rings is 1. The third-order valence-corrected chi connectivity index (χ3v) is 5.39. The van der Waals surface area contributed by atoms with E-state index in [2.05, 4.69) is 0 Å². The number of carbonyl (C=O) groups excluding carboxylic acids is 1. The third-order valence-electron chi connectivity index (χ3n) is 5.16. The molecule has 2 aromatic heterocycles. The Labute approximate surface area is 198 Å². The van der Waals surface area contributed by atoms with E-state index in [0.29, 0.717) is 27.5 Å². The van der Waals surface area contributed by atoms with Crippen LogP contribution >= 0.6 is 11.6 Å². The van der Waals surface area contributed by atoms with Gasteiger partial charge >= 0.3 is 5.97 Å². The zero-order valence-electron chi connectivity index (χ0n) is 18.1. The Morgan fingerprint density at radius 2 is 1.71 bits per heavy atom. The van der Waals surface area contributed by atoms with Crippen LogP contribution in [0.3, 0.4) is 0 Å². The van der Waals surface area contributed by atoms with E-state index < -0.39 is 5.97 Å². The van der Waals surface area contributed by atoms with E-state index in [0.717, 1.165) is 0 Å². The molecule has 0 spiro atoms. The molecule has 0 amide bonds. The molecule has 0 unspecified atom stereocenters. The van der Waals surface area contributed by atoms with Crippen LogP contribution in [0.15, 0.2) is 80.4 Å². The zero-order valence-corrected chi connectivity index (χ0v) is 18.8. The van der Waals surface area contributed by atoms with Gasteiger partial charge in [-0.2, -0.15) is 0 Å². The normalized spacial score (nSPS) is 11.0. The molecule has 0 fully saturated rings. The molecule has 0 saturated heterocycles. The molecule has 34 heavy (non-hydrogen) atoms. The second kappa shape index (κ2) is 8.61. The molecular formula is C26H17ClO7. The molecule has 3 aromatic carbocycles. The Balaban J connectivity index is 1.44. The van der Waals surface area contributed by atoms with Crippen molar-refractivity contribution >= 4 is 39.5 Å². The van der Waals surface area contributed by atoms with Crippen LogP contribution in [0.4, 0.5) is 0 Å². The first-order chi connectivity index (χ1) is 16.4. The fraction of sp³-hybridized carbons (Fsp3) is 0.0769. The fourth-order valence-electron chi connectivity index (χ4n) is 3.54. The van der Waals surface area contributed by atoms with Crippen LogP contribution in [0.25, 0.3) is 21.9 Å². The number of benzene rings is 3. The first-order valence-corrected chi connectivity index (χ1v) is 10.6. The van der Waals surface area contributed by atoms with Gasteiger partial charge in [0.05, 0.1) is 12.5 Å². The molecule has 0 aliphatic rings. The average Bonchev–Trinajstić information content (AvgIpc) is 3.25. The maximum atomic E-state index is 13.1. The van der Waals surface area contributed by atoms with Crippen molar-refractivity contribution in [3.63, 3.8) is 0 Å². The van der Waals surface area contributed by atoms with Gasteiger partial charge in [-0.1, -0.05) is 23.7 Å². The molecule has 0 atom stereocenters. The van der Waals surface area contributed by atoms with Gasteiger partial charge in [-0.05, 0) is 55.5 Å². The van der Waals surface area contributed by atoms with E-state index in [1.807, 2.05) is 0 Å². The van der Waals surface area contributed by atoms with Crippen molar-refractivity contribution in [2.45, 2.75) is 6.92 Å². The average molecular weight is 477 g/mol. The van der Waals surface area contributed by atoms with E-state index >= 15 is 0 Å². The molecule has 5 aromatic rings. The summed E-state index contributed by atoms with van der Waals surface area (Å²) in [7, 11) is 1.52. The van der Waals surface area contributed by atoms with Gasteiger partial charge in [0.1, 0.15) is 22.7 Å².